The highest BCUT2D eigenvalue weighted by Gasteiger charge is 2.39. The van der Waals surface area contributed by atoms with Crippen molar-refractivity contribution in [3.8, 4) is 5.75 Å². The number of aliphatic hydroxyl groups is 2. The highest BCUT2D eigenvalue weighted by atomic mass is 32.2. The van der Waals surface area contributed by atoms with E-state index in [-0.39, 0.29) is 11.5 Å². The van der Waals surface area contributed by atoms with Gasteiger partial charge in [-0.1, -0.05) is 54.5 Å². The molecule has 0 fully saturated rings. The molecule has 3 N–H and O–H groups in total. The van der Waals surface area contributed by atoms with Crippen molar-refractivity contribution in [2.24, 2.45) is 0 Å². The van der Waals surface area contributed by atoms with Gasteiger partial charge in [0, 0.05) is 5.39 Å². The minimum absolute atomic E-state index is 0.0966. The van der Waals surface area contributed by atoms with Gasteiger partial charge >= 0.3 is 0 Å². The van der Waals surface area contributed by atoms with E-state index < -0.39 is 27.8 Å². The summed E-state index contributed by atoms with van der Waals surface area (Å²) in [6, 6.07) is 11.2. The van der Waals surface area contributed by atoms with Crippen LogP contribution in [0.3, 0.4) is 0 Å². The Morgan fingerprint density at radius 1 is 1.21 bits per heavy atom. The Kier molecular flexibility index (Phi) is 6.46. The lowest BCUT2D eigenvalue weighted by atomic mass is 9.94. The summed E-state index contributed by atoms with van der Waals surface area (Å²) in [6.45, 7) is 3.26. The molecule has 0 aliphatic carbocycles. The van der Waals surface area contributed by atoms with Gasteiger partial charge in [-0.3, -0.25) is 0 Å². The molecular weight excluding hydrogens is 388 g/mol. The van der Waals surface area contributed by atoms with E-state index in [4.69, 9.17) is 0 Å². The number of aliphatic hydroxyl groups excluding tert-OH is 2. The number of phenolic OH excluding ortho intramolecular Hbond substituents is 1. The first kappa shape index (κ1) is 21.6. The van der Waals surface area contributed by atoms with Crippen LogP contribution < -0.4 is 0 Å². The zero-order valence-corrected chi connectivity index (χ0v) is 17.6. The van der Waals surface area contributed by atoms with Crippen molar-refractivity contribution in [3.63, 3.8) is 0 Å². The minimum Gasteiger partial charge on any atom is -0.507 e. The van der Waals surface area contributed by atoms with E-state index in [1.54, 1.807) is 13.0 Å². The van der Waals surface area contributed by atoms with Crippen LogP contribution in [-0.4, -0.2) is 47.5 Å². The number of allylic oxidation sites excluding steroid dienone is 1. The van der Waals surface area contributed by atoms with Crippen LogP contribution in [0, 0.1) is 0 Å². The molecule has 1 aliphatic heterocycles. The molecule has 2 aromatic rings. The summed E-state index contributed by atoms with van der Waals surface area (Å²) in [4.78, 5) is 0. The average molecular weight is 417 g/mol. The molecule has 29 heavy (non-hydrogen) atoms. The molecular formula is C23H28O5S. The number of sulfone groups is 1. The molecule has 0 spiro atoms. The Bertz CT molecular complexity index is 1070. The van der Waals surface area contributed by atoms with Crippen LogP contribution in [0.5, 0.6) is 5.75 Å². The SMILES string of the molecule is CC/C(=C\c1ccc(O)c2ccccc12)CC[C@@H](O)C1=C(C)CS(=O)(=O)[C@H]1CO. The zero-order valence-electron chi connectivity index (χ0n) is 16.8. The van der Waals surface area contributed by atoms with E-state index in [1.165, 1.54) is 0 Å². The summed E-state index contributed by atoms with van der Waals surface area (Å²) in [5, 5.41) is 31.0. The van der Waals surface area contributed by atoms with Crippen molar-refractivity contribution >= 4 is 26.7 Å². The van der Waals surface area contributed by atoms with Gasteiger partial charge in [0.05, 0.1) is 18.5 Å². The second-order valence-corrected chi connectivity index (χ2v) is 9.83. The van der Waals surface area contributed by atoms with Crippen LogP contribution in [0.25, 0.3) is 16.8 Å². The number of aromatic hydroxyl groups is 1. The number of fused-ring (bicyclic) bond motifs is 1. The number of hydrogen-bond acceptors (Lipinski definition) is 5. The van der Waals surface area contributed by atoms with Crippen LogP contribution in [-0.2, 0) is 9.84 Å². The first-order chi connectivity index (χ1) is 13.8. The molecule has 1 heterocycles. The number of benzene rings is 2. The van der Waals surface area contributed by atoms with Crippen LogP contribution in [0.15, 0.2) is 53.1 Å². The van der Waals surface area contributed by atoms with Crippen molar-refractivity contribution in [1.29, 1.82) is 0 Å². The van der Waals surface area contributed by atoms with E-state index in [9.17, 15) is 23.7 Å². The molecule has 0 radical (unpaired) electrons. The first-order valence-electron chi connectivity index (χ1n) is 9.88. The molecule has 0 unspecified atom stereocenters. The maximum absolute atomic E-state index is 12.2. The van der Waals surface area contributed by atoms with Gasteiger partial charge in [0.1, 0.15) is 11.0 Å². The molecule has 0 saturated carbocycles. The minimum atomic E-state index is -3.42. The number of hydrogen-bond donors (Lipinski definition) is 3. The third kappa shape index (κ3) is 4.39. The zero-order chi connectivity index (χ0) is 21.2. The molecule has 156 valence electrons. The first-order valence-corrected chi connectivity index (χ1v) is 11.6. The summed E-state index contributed by atoms with van der Waals surface area (Å²) in [7, 11) is -3.42. The van der Waals surface area contributed by atoms with Gasteiger partial charge in [0.2, 0.25) is 0 Å². The Hall–Kier alpha value is -2.15. The summed E-state index contributed by atoms with van der Waals surface area (Å²) in [5.41, 5.74) is 3.22. The molecule has 1 aliphatic rings. The molecule has 0 bridgehead atoms. The van der Waals surface area contributed by atoms with Gasteiger partial charge in [-0.25, -0.2) is 8.42 Å². The summed E-state index contributed by atoms with van der Waals surface area (Å²) in [5.74, 6) is 0.145. The summed E-state index contributed by atoms with van der Waals surface area (Å²) in [6.07, 6.45) is 2.98. The van der Waals surface area contributed by atoms with Gasteiger partial charge < -0.3 is 15.3 Å². The lowest BCUT2D eigenvalue weighted by molar-refractivity contribution is 0.188. The number of phenols is 1. The molecule has 3 rings (SSSR count). The Morgan fingerprint density at radius 3 is 2.55 bits per heavy atom. The van der Waals surface area contributed by atoms with E-state index >= 15 is 0 Å². The summed E-state index contributed by atoms with van der Waals surface area (Å²) >= 11 is 0. The van der Waals surface area contributed by atoms with Crippen LogP contribution >= 0.6 is 0 Å². The molecule has 5 nitrogen and oxygen atoms in total. The van der Waals surface area contributed by atoms with Crippen molar-refractivity contribution in [3.05, 3.63) is 58.7 Å². The Balaban J connectivity index is 1.81. The topological polar surface area (TPSA) is 94.8 Å². The monoisotopic (exact) mass is 416 g/mol. The normalized spacial score (nSPS) is 20.4. The highest BCUT2D eigenvalue weighted by Crippen LogP contribution is 2.33. The van der Waals surface area contributed by atoms with Gasteiger partial charge in [0.15, 0.2) is 9.84 Å². The summed E-state index contributed by atoms with van der Waals surface area (Å²) < 4.78 is 24.3. The second-order valence-electron chi connectivity index (χ2n) is 7.64. The van der Waals surface area contributed by atoms with E-state index in [2.05, 4.69) is 6.08 Å². The molecule has 0 amide bonds. The van der Waals surface area contributed by atoms with Crippen molar-refractivity contribution in [1.82, 2.24) is 0 Å². The van der Waals surface area contributed by atoms with E-state index in [0.717, 1.165) is 28.3 Å². The van der Waals surface area contributed by atoms with Gasteiger partial charge in [-0.2, -0.15) is 0 Å². The average Bonchev–Trinajstić information content (AvgIpc) is 2.94. The highest BCUT2D eigenvalue weighted by molar-refractivity contribution is 7.92. The van der Waals surface area contributed by atoms with Gasteiger partial charge in [-0.05, 0) is 48.8 Å². The quantitative estimate of drug-likeness (QED) is 0.600. The Morgan fingerprint density at radius 2 is 1.90 bits per heavy atom. The second kappa shape index (κ2) is 8.69. The fourth-order valence-corrected chi connectivity index (χ4v) is 6.09. The van der Waals surface area contributed by atoms with Crippen molar-refractivity contribution in [2.45, 2.75) is 44.5 Å². The third-order valence-corrected chi connectivity index (χ3v) is 7.81. The van der Waals surface area contributed by atoms with Gasteiger partial charge in [0.25, 0.3) is 0 Å². The lowest BCUT2D eigenvalue weighted by Gasteiger charge is -2.19. The predicted molar refractivity (Wildman–Crippen MR) is 116 cm³/mol. The fraction of sp³-hybridized carbons (Fsp3) is 0.391. The molecule has 6 heteroatoms. The smallest absolute Gasteiger partial charge is 0.163 e. The molecule has 2 aromatic carbocycles. The fourth-order valence-electron chi connectivity index (χ4n) is 4.15. The van der Waals surface area contributed by atoms with Crippen LogP contribution in [0.4, 0.5) is 0 Å². The third-order valence-electron chi connectivity index (χ3n) is 5.70. The standard InChI is InChI=1S/C23H28O5S/c1-3-16(12-17-9-11-20(25)19-7-5-4-6-18(17)19)8-10-21(26)23-15(2)14-29(27,28)22(23)13-24/h4-7,9,11-12,21-22,24-26H,3,8,10,13-14H2,1-2H3/b16-12+/t21-,22+/m1/s1. The van der Waals surface area contributed by atoms with E-state index in [0.29, 0.717) is 24.0 Å². The molecule has 2 atom stereocenters. The largest absolute Gasteiger partial charge is 0.507 e. The maximum atomic E-state index is 12.2. The van der Waals surface area contributed by atoms with E-state index in [1.807, 2.05) is 37.3 Å². The number of rotatable bonds is 7. The predicted octanol–water partition coefficient (Wildman–Crippen LogP) is 3.59. The molecule has 0 aromatic heterocycles. The maximum Gasteiger partial charge on any atom is 0.163 e. The van der Waals surface area contributed by atoms with Crippen LogP contribution in [0.1, 0.15) is 38.7 Å². The van der Waals surface area contributed by atoms with Crippen molar-refractivity contribution < 1.29 is 23.7 Å². The lowest BCUT2D eigenvalue weighted by Crippen LogP contribution is -2.29. The Labute approximate surface area is 171 Å². The molecule has 0 saturated heterocycles. The van der Waals surface area contributed by atoms with Crippen molar-refractivity contribution in [2.75, 3.05) is 12.4 Å². The van der Waals surface area contributed by atoms with Gasteiger partial charge in [-0.15, -0.1) is 0 Å². The van der Waals surface area contributed by atoms with Crippen LogP contribution in [0.2, 0.25) is 0 Å².